The van der Waals surface area contributed by atoms with E-state index < -0.39 is 9.84 Å². The van der Waals surface area contributed by atoms with E-state index in [1.165, 1.54) is 11.5 Å². The molecular weight excluding hydrogens is 184 g/mol. The molecule has 0 unspecified atom stereocenters. The minimum Gasteiger partial charge on any atom is -0.224 e. The molecule has 0 aromatic heterocycles. The molecule has 0 bridgehead atoms. The molecule has 1 aromatic carbocycles. The van der Waals surface area contributed by atoms with E-state index in [4.69, 9.17) is 0 Å². The van der Waals surface area contributed by atoms with Crippen molar-refractivity contribution in [3.8, 4) is 0 Å². The second-order valence-electron chi connectivity index (χ2n) is 2.76. The third-order valence-corrected chi connectivity index (χ3v) is 2.98. The smallest absolute Gasteiger partial charge is 0.175 e. The van der Waals surface area contributed by atoms with E-state index in [1.807, 2.05) is 18.2 Å². The Morgan fingerprint density at radius 1 is 1.23 bits per heavy atom. The summed E-state index contributed by atoms with van der Waals surface area (Å²) in [6.45, 7) is 1.70. The molecule has 0 N–H and O–H groups in total. The van der Waals surface area contributed by atoms with Crippen molar-refractivity contribution in [2.45, 2.75) is 12.7 Å². The van der Waals surface area contributed by atoms with Gasteiger partial charge >= 0.3 is 0 Å². The highest BCUT2D eigenvalue weighted by atomic mass is 32.2. The van der Waals surface area contributed by atoms with Crippen molar-refractivity contribution in [1.82, 2.24) is 0 Å². The van der Waals surface area contributed by atoms with Crippen molar-refractivity contribution in [3.05, 3.63) is 47.4 Å². The zero-order chi connectivity index (χ0) is 9.73. The number of hydrogen-bond donors (Lipinski definition) is 0. The Bertz CT molecular complexity index is 377. The van der Waals surface area contributed by atoms with E-state index in [9.17, 15) is 8.42 Å². The molecule has 0 aliphatic carbocycles. The third-order valence-electron chi connectivity index (χ3n) is 1.55. The van der Waals surface area contributed by atoms with Crippen LogP contribution in [-0.2, 0) is 15.6 Å². The average molecular weight is 196 g/mol. The molecule has 0 saturated carbocycles. The maximum absolute atomic E-state index is 11.3. The van der Waals surface area contributed by atoms with Crippen LogP contribution in [0.25, 0.3) is 0 Å². The minimum absolute atomic E-state index is 0.0815. The molecule has 0 spiro atoms. The Balaban J connectivity index is 2.82. The van der Waals surface area contributed by atoms with E-state index in [0.29, 0.717) is 0 Å². The van der Waals surface area contributed by atoms with E-state index >= 15 is 0 Å². The monoisotopic (exact) mass is 196 g/mol. The Morgan fingerprint density at radius 3 is 2.38 bits per heavy atom. The zero-order valence-corrected chi connectivity index (χ0v) is 8.29. The van der Waals surface area contributed by atoms with Gasteiger partial charge in [-0.1, -0.05) is 36.4 Å². The highest BCUT2D eigenvalue weighted by Crippen LogP contribution is 2.06. The predicted octanol–water partition coefficient (Wildman–Crippen LogP) is 2.13. The topological polar surface area (TPSA) is 34.1 Å². The summed E-state index contributed by atoms with van der Waals surface area (Å²) >= 11 is 0. The Kier molecular flexibility index (Phi) is 3.25. The van der Waals surface area contributed by atoms with Crippen molar-refractivity contribution in [2.24, 2.45) is 0 Å². The molecule has 2 nitrogen and oxygen atoms in total. The fourth-order valence-corrected chi connectivity index (χ4v) is 2.23. The lowest BCUT2D eigenvalue weighted by molar-refractivity contribution is 0.604. The van der Waals surface area contributed by atoms with Crippen molar-refractivity contribution < 1.29 is 8.42 Å². The molecule has 0 saturated heterocycles. The van der Waals surface area contributed by atoms with Gasteiger partial charge in [-0.25, -0.2) is 8.42 Å². The van der Waals surface area contributed by atoms with Crippen LogP contribution < -0.4 is 0 Å². The van der Waals surface area contributed by atoms with Gasteiger partial charge in [-0.2, -0.15) is 0 Å². The first-order chi connectivity index (χ1) is 6.14. The molecule has 0 fully saturated rings. The van der Waals surface area contributed by atoms with Crippen LogP contribution in [0.2, 0.25) is 0 Å². The van der Waals surface area contributed by atoms with Crippen LogP contribution in [0, 0.1) is 0 Å². The summed E-state index contributed by atoms with van der Waals surface area (Å²) < 4.78 is 22.6. The van der Waals surface area contributed by atoms with Crippen molar-refractivity contribution in [3.63, 3.8) is 0 Å². The second kappa shape index (κ2) is 4.23. The number of allylic oxidation sites excluding steroid dienone is 1. The normalized spacial score (nSPS) is 12.1. The Hall–Kier alpha value is -1.09. The summed E-state index contributed by atoms with van der Waals surface area (Å²) in [5.74, 6) is 0.0815. The lowest BCUT2D eigenvalue weighted by Gasteiger charge is -1.98. The van der Waals surface area contributed by atoms with Crippen LogP contribution in [0.3, 0.4) is 0 Å². The first kappa shape index (κ1) is 9.99. The van der Waals surface area contributed by atoms with Crippen LogP contribution in [0.4, 0.5) is 0 Å². The summed E-state index contributed by atoms with van der Waals surface area (Å²) in [6, 6.07) is 9.15. The molecule has 0 heterocycles. The number of rotatable bonds is 3. The molecule has 3 heteroatoms. The van der Waals surface area contributed by atoms with Crippen LogP contribution >= 0.6 is 0 Å². The van der Waals surface area contributed by atoms with Crippen LogP contribution in [0.1, 0.15) is 12.5 Å². The summed E-state index contributed by atoms with van der Waals surface area (Å²) in [7, 11) is -3.07. The van der Waals surface area contributed by atoms with Crippen molar-refractivity contribution in [1.29, 1.82) is 0 Å². The zero-order valence-electron chi connectivity index (χ0n) is 7.47. The Morgan fingerprint density at radius 2 is 1.85 bits per heavy atom. The summed E-state index contributed by atoms with van der Waals surface area (Å²) in [5, 5.41) is 1.24. The Labute approximate surface area is 78.8 Å². The van der Waals surface area contributed by atoms with E-state index in [-0.39, 0.29) is 5.75 Å². The molecular formula is C10H12O2S. The fraction of sp³-hybridized carbons (Fsp3) is 0.200. The quantitative estimate of drug-likeness (QED) is 0.742. The fourth-order valence-electron chi connectivity index (χ4n) is 1.06. The van der Waals surface area contributed by atoms with Gasteiger partial charge in [0.05, 0.1) is 5.75 Å². The van der Waals surface area contributed by atoms with E-state index in [0.717, 1.165) is 5.56 Å². The second-order valence-corrected chi connectivity index (χ2v) is 4.65. The first-order valence-corrected chi connectivity index (χ1v) is 5.75. The van der Waals surface area contributed by atoms with E-state index in [1.54, 1.807) is 19.1 Å². The number of sulfone groups is 1. The van der Waals surface area contributed by atoms with Gasteiger partial charge in [0.2, 0.25) is 0 Å². The van der Waals surface area contributed by atoms with Gasteiger partial charge in [0.25, 0.3) is 0 Å². The number of hydrogen-bond acceptors (Lipinski definition) is 2. The van der Waals surface area contributed by atoms with E-state index in [2.05, 4.69) is 0 Å². The van der Waals surface area contributed by atoms with Crippen LogP contribution in [0.5, 0.6) is 0 Å². The third kappa shape index (κ3) is 3.42. The molecule has 0 amide bonds. The summed E-state index contributed by atoms with van der Waals surface area (Å²) in [4.78, 5) is 0. The molecule has 1 aromatic rings. The van der Waals surface area contributed by atoms with Gasteiger partial charge in [0.1, 0.15) is 0 Å². The van der Waals surface area contributed by atoms with Gasteiger partial charge in [-0.05, 0) is 12.5 Å². The maximum Gasteiger partial charge on any atom is 0.175 e. The summed E-state index contributed by atoms with van der Waals surface area (Å²) in [5.41, 5.74) is 0.820. The van der Waals surface area contributed by atoms with Gasteiger partial charge in [-0.3, -0.25) is 0 Å². The highest BCUT2D eigenvalue weighted by molar-refractivity contribution is 7.93. The largest absolute Gasteiger partial charge is 0.224 e. The standard InChI is InChI=1S/C10H12O2S/c1-2-8-13(11,12)9-10-6-4-3-5-7-10/h2-8H,9H2,1H3/b8-2+. The van der Waals surface area contributed by atoms with Crippen molar-refractivity contribution in [2.75, 3.05) is 0 Å². The molecule has 0 aliphatic heterocycles. The SMILES string of the molecule is C/C=C/S(=O)(=O)Cc1ccccc1. The molecule has 0 atom stereocenters. The maximum atomic E-state index is 11.3. The van der Waals surface area contributed by atoms with Gasteiger partial charge < -0.3 is 0 Å². The highest BCUT2D eigenvalue weighted by Gasteiger charge is 2.05. The molecule has 13 heavy (non-hydrogen) atoms. The first-order valence-electron chi connectivity index (χ1n) is 4.03. The molecule has 0 aliphatic rings. The summed E-state index contributed by atoms with van der Waals surface area (Å²) in [6.07, 6.45) is 1.54. The van der Waals surface area contributed by atoms with Gasteiger partial charge in [0.15, 0.2) is 9.84 Å². The lowest BCUT2D eigenvalue weighted by Crippen LogP contribution is -1.99. The molecule has 70 valence electrons. The average Bonchev–Trinajstić information content (AvgIpc) is 2.04. The van der Waals surface area contributed by atoms with Crippen LogP contribution in [0.15, 0.2) is 41.8 Å². The van der Waals surface area contributed by atoms with Crippen LogP contribution in [-0.4, -0.2) is 8.42 Å². The molecule has 1 rings (SSSR count). The van der Waals surface area contributed by atoms with Crippen molar-refractivity contribution >= 4 is 9.84 Å². The molecule has 0 radical (unpaired) electrons. The predicted molar refractivity (Wildman–Crippen MR) is 53.9 cm³/mol. The van der Waals surface area contributed by atoms with Gasteiger partial charge in [0, 0.05) is 5.41 Å². The number of benzene rings is 1. The minimum atomic E-state index is -3.07. The van der Waals surface area contributed by atoms with Gasteiger partial charge in [-0.15, -0.1) is 0 Å². The lowest BCUT2D eigenvalue weighted by atomic mass is 10.2.